The first-order valence-electron chi connectivity index (χ1n) is 9.20. The normalized spacial score (nSPS) is 14.4. The van der Waals surface area contributed by atoms with Crippen LogP contribution in [0.4, 0.5) is 10.5 Å². The van der Waals surface area contributed by atoms with E-state index in [0.717, 1.165) is 23.4 Å². The number of ether oxygens (including phenoxy) is 1. The molecule has 2 aromatic rings. The molecule has 1 N–H and O–H groups in total. The van der Waals surface area contributed by atoms with Crippen LogP contribution in [0.5, 0.6) is 5.75 Å². The summed E-state index contributed by atoms with van der Waals surface area (Å²) < 4.78 is 5.66. The lowest BCUT2D eigenvalue weighted by Crippen LogP contribution is -2.40. The summed E-state index contributed by atoms with van der Waals surface area (Å²) in [4.78, 5) is 28.4. The number of aryl methyl sites for hydroxylation is 1. The highest BCUT2D eigenvalue weighted by Crippen LogP contribution is 2.16. The van der Waals surface area contributed by atoms with Crippen molar-refractivity contribution in [1.82, 2.24) is 9.80 Å². The standard InChI is InChI=1S/C21H25N3O3/c1-17-8-5-6-11-19(17)27-16-20(25)23-12-7-13-24(15-14-23)21(26)22-18-9-3-2-4-10-18/h2-6,8-11H,7,12-16H2,1H3,(H,22,26). The molecule has 1 aliphatic heterocycles. The number of hydrogen-bond acceptors (Lipinski definition) is 3. The third-order valence-electron chi connectivity index (χ3n) is 4.61. The average molecular weight is 367 g/mol. The zero-order chi connectivity index (χ0) is 19.1. The Bertz CT molecular complexity index is 779. The minimum absolute atomic E-state index is 0.0149. The van der Waals surface area contributed by atoms with E-state index in [-0.39, 0.29) is 18.5 Å². The number of para-hydroxylation sites is 2. The van der Waals surface area contributed by atoms with Gasteiger partial charge in [-0.2, -0.15) is 0 Å². The number of hydrogen-bond donors (Lipinski definition) is 1. The number of carbonyl (C=O) groups is 2. The number of amides is 3. The van der Waals surface area contributed by atoms with Gasteiger partial charge in [-0.05, 0) is 37.1 Å². The molecular formula is C21H25N3O3. The number of urea groups is 1. The van der Waals surface area contributed by atoms with Crippen molar-refractivity contribution >= 4 is 17.6 Å². The Morgan fingerprint density at radius 3 is 2.37 bits per heavy atom. The van der Waals surface area contributed by atoms with Gasteiger partial charge in [0, 0.05) is 31.9 Å². The summed E-state index contributed by atoms with van der Waals surface area (Å²) in [5.41, 5.74) is 1.77. The predicted molar refractivity (Wildman–Crippen MR) is 105 cm³/mol. The van der Waals surface area contributed by atoms with Crippen molar-refractivity contribution in [2.24, 2.45) is 0 Å². The molecule has 0 unspecified atom stereocenters. The van der Waals surface area contributed by atoms with Crippen LogP contribution in [0.1, 0.15) is 12.0 Å². The summed E-state index contributed by atoms with van der Waals surface area (Å²) in [7, 11) is 0. The largest absolute Gasteiger partial charge is 0.484 e. The van der Waals surface area contributed by atoms with Crippen molar-refractivity contribution in [1.29, 1.82) is 0 Å². The Labute approximate surface area is 159 Å². The van der Waals surface area contributed by atoms with Gasteiger partial charge in [0.2, 0.25) is 0 Å². The van der Waals surface area contributed by atoms with Gasteiger partial charge in [-0.3, -0.25) is 4.79 Å². The molecule has 0 atom stereocenters. The monoisotopic (exact) mass is 367 g/mol. The predicted octanol–water partition coefficient (Wildman–Crippen LogP) is 3.14. The number of anilines is 1. The highest BCUT2D eigenvalue weighted by Gasteiger charge is 2.22. The Morgan fingerprint density at radius 2 is 1.59 bits per heavy atom. The lowest BCUT2D eigenvalue weighted by Gasteiger charge is -2.22. The molecule has 0 bridgehead atoms. The van der Waals surface area contributed by atoms with E-state index in [1.165, 1.54) is 0 Å². The van der Waals surface area contributed by atoms with Gasteiger partial charge < -0.3 is 19.9 Å². The number of nitrogens with one attached hydrogen (secondary N) is 1. The van der Waals surface area contributed by atoms with E-state index in [1.807, 2.05) is 61.5 Å². The molecule has 1 heterocycles. The molecular weight excluding hydrogens is 342 g/mol. The summed E-state index contributed by atoms with van der Waals surface area (Å²) in [6.07, 6.45) is 0.748. The molecule has 1 saturated heterocycles. The first kappa shape index (κ1) is 18.8. The number of carbonyl (C=O) groups excluding carboxylic acids is 2. The third kappa shape index (κ3) is 5.23. The first-order chi connectivity index (χ1) is 13.1. The fraction of sp³-hybridized carbons (Fsp3) is 0.333. The molecule has 27 heavy (non-hydrogen) atoms. The summed E-state index contributed by atoms with van der Waals surface area (Å²) in [5.74, 6) is 0.674. The number of rotatable bonds is 4. The van der Waals surface area contributed by atoms with Crippen LogP contribution in [0.2, 0.25) is 0 Å². The van der Waals surface area contributed by atoms with Gasteiger partial charge in [-0.25, -0.2) is 4.79 Å². The zero-order valence-corrected chi connectivity index (χ0v) is 15.6. The first-order valence-corrected chi connectivity index (χ1v) is 9.20. The molecule has 0 aliphatic carbocycles. The van der Waals surface area contributed by atoms with E-state index in [9.17, 15) is 9.59 Å². The van der Waals surface area contributed by atoms with Crippen LogP contribution in [0, 0.1) is 6.92 Å². The van der Waals surface area contributed by atoms with Crippen LogP contribution in [-0.4, -0.2) is 54.5 Å². The van der Waals surface area contributed by atoms with Crippen molar-refractivity contribution in [2.75, 3.05) is 38.1 Å². The molecule has 1 fully saturated rings. The maximum Gasteiger partial charge on any atom is 0.321 e. The fourth-order valence-corrected chi connectivity index (χ4v) is 3.04. The minimum atomic E-state index is -0.133. The summed E-state index contributed by atoms with van der Waals surface area (Å²) in [6, 6.07) is 16.9. The van der Waals surface area contributed by atoms with Gasteiger partial charge in [0.05, 0.1) is 0 Å². The molecule has 2 aromatic carbocycles. The fourth-order valence-electron chi connectivity index (χ4n) is 3.04. The van der Waals surface area contributed by atoms with Gasteiger partial charge in [0.15, 0.2) is 6.61 Å². The van der Waals surface area contributed by atoms with Crippen molar-refractivity contribution in [3.05, 3.63) is 60.2 Å². The number of nitrogens with zero attached hydrogens (tertiary/aromatic N) is 2. The van der Waals surface area contributed by atoms with Gasteiger partial charge in [0.25, 0.3) is 5.91 Å². The molecule has 6 heteroatoms. The van der Waals surface area contributed by atoms with E-state index in [4.69, 9.17) is 4.74 Å². The molecule has 0 aromatic heterocycles. The van der Waals surface area contributed by atoms with E-state index in [0.29, 0.717) is 26.2 Å². The van der Waals surface area contributed by atoms with Crippen LogP contribution in [0.15, 0.2) is 54.6 Å². The van der Waals surface area contributed by atoms with Gasteiger partial charge in [0.1, 0.15) is 5.75 Å². The molecule has 0 radical (unpaired) electrons. The third-order valence-corrected chi connectivity index (χ3v) is 4.61. The van der Waals surface area contributed by atoms with E-state index < -0.39 is 0 Å². The quantitative estimate of drug-likeness (QED) is 0.903. The van der Waals surface area contributed by atoms with E-state index in [2.05, 4.69) is 5.32 Å². The number of benzene rings is 2. The van der Waals surface area contributed by atoms with Crippen LogP contribution in [0.25, 0.3) is 0 Å². The highest BCUT2D eigenvalue weighted by atomic mass is 16.5. The van der Waals surface area contributed by atoms with Gasteiger partial charge in [-0.1, -0.05) is 36.4 Å². The van der Waals surface area contributed by atoms with Crippen LogP contribution in [-0.2, 0) is 4.79 Å². The van der Waals surface area contributed by atoms with Crippen LogP contribution < -0.4 is 10.1 Å². The SMILES string of the molecule is Cc1ccccc1OCC(=O)N1CCCN(C(=O)Nc2ccccc2)CC1. The van der Waals surface area contributed by atoms with Gasteiger partial charge >= 0.3 is 6.03 Å². The van der Waals surface area contributed by atoms with Crippen molar-refractivity contribution in [2.45, 2.75) is 13.3 Å². The van der Waals surface area contributed by atoms with Crippen molar-refractivity contribution in [3.8, 4) is 5.75 Å². The highest BCUT2D eigenvalue weighted by molar-refractivity contribution is 5.89. The Hall–Kier alpha value is -3.02. The maximum atomic E-state index is 12.5. The summed E-state index contributed by atoms with van der Waals surface area (Å²) >= 11 is 0. The molecule has 1 aliphatic rings. The molecule has 142 valence electrons. The average Bonchev–Trinajstić information content (AvgIpc) is 2.94. The minimum Gasteiger partial charge on any atom is -0.484 e. The Kier molecular flexibility index (Phi) is 6.30. The Balaban J connectivity index is 1.49. The molecule has 6 nitrogen and oxygen atoms in total. The zero-order valence-electron chi connectivity index (χ0n) is 15.6. The molecule has 0 saturated carbocycles. The van der Waals surface area contributed by atoms with Crippen LogP contribution >= 0.6 is 0 Å². The maximum absolute atomic E-state index is 12.5. The second-order valence-corrected chi connectivity index (χ2v) is 6.57. The lowest BCUT2D eigenvalue weighted by atomic mass is 10.2. The van der Waals surface area contributed by atoms with Crippen molar-refractivity contribution in [3.63, 3.8) is 0 Å². The van der Waals surface area contributed by atoms with Crippen LogP contribution in [0.3, 0.4) is 0 Å². The topological polar surface area (TPSA) is 61.9 Å². The lowest BCUT2D eigenvalue weighted by molar-refractivity contribution is -0.133. The summed E-state index contributed by atoms with van der Waals surface area (Å²) in [5, 5.41) is 2.90. The van der Waals surface area contributed by atoms with E-state index >= 15 is 0 Å². The second-order valence-electron chi connectivity index (χ2n) is 6.57. The molecule has 3 amide bonds. The van der Waals surface area contributed by atoms with Gasteiger partial charge in [-0.15, -0.1) is 0 Å². The summed E-state index contributed by atoms with van der Waals surface area (Å²) in [6.45, 7) is 4.25. The smallest absolute Gasteiger partial charge is 0.321 e. The second kappa shape index (κ2) is 9.07. The Morgan fingerprint density at radius 1 is 0.926 bits per heavy atom. The molecule has 0 spiro atoms. The van der Waals surface area contributed by atoms with Crippen molar-refractivity contribution < 1.29 is 14.3 Å². The van der Waals surface area contributed by atoms with E-state index in [1.54, 1.807) is 9.80 Å². The molecule has 3 rings (SSSR count).